The number of carbonyl (C=O) groups excluding carboxylic acids is 3. The summed E-state index contributed by atoms with van der Waals surface area (Å²) in [6.07, 6.45) is 3.24. The first-order valence-corrected chi connectivity index (χ1v) is 10.6. The number of imide groups is 1. The third-order valence-corrected chi connectivity index (χ3v) is 5.75. The fraction of sp³-hybridized carbons (Fsp3) is 0.167. The highest BCUT2D eigenvalue weighted by molar-refractivity contribution is 9.10. The Kier molecular flexibility index (Phi) is 5.95. The molecule has 0 saturated carbocycles. The van der Waals surface area contributed by atoms with Crippen LogP contribution in [0, 0.1) is 6.92 Å². The molecule has 0 radical (unpaired) electrons. The summed E-state index contributed by atoms with van der Waals surface area (Å²) in [7, 11) is 0. The monoisotopic (exact) mass is 477 g/mol. The van der Waals surface area contributed by atoms with Crippen LogP contribution in [0.3, 0.4) is 0 Å². The Morgan fingerprint density at radius 3 is 2.45 bits per heavy atom. The van der Waals surface area contributed by atoms with Crippen LogP contribution in [0.15, 0.2) is 77.5 Å². The number of carbonyl (C=O) groups is 3. The lowest BCUT2D eigenvalue weighted by Gasteiger charge is -2.28. The summed E-state index contributed by atoms with van der Waals surface area (Å²) in [5.41, 5.74) is 2.77. The molecule has 4 rings (SSSR count). The summed E-state index contributed by atoms with van der Waals surface area (Å²) in [6.45, 7) is 2.12. The molecule has 0 spiro atoms. The summed E-state index contributed by atoms with van der Waals surface area (Å²) in [6, 6.07) is 16.9. The average Bonchev–Trinajstić information content (AvgIpc) is 3.07. The highest BCUT2D eigenvalue weighted by Crippen LogP contribution is 2.28. The van der Waals surface area contributed by atoms with Gasteiger partial charge >= 0.3 is 0 Å². The molecule has 1 saturated heterocycles. The highest BCUT2D eigenvalue weighted by atomic mass is 79.9. The van der Waals surface area contributed by atoms with Gasteiger partial charge in [0.2, 0.25) is 5.91 Å². The summed E-state index contributed by atoms with van der Waals surface area (Å²) >= 11 is 3.36. The molecule has 1 atom stereocenters. The zero-order valence-electron chi connectivity index (χ0n) is 16.9. The zero-order valence-corrected chi connectivity index (χ0v) is 18.5. The molecule has 0 aliphatic carbocycles. The van der Waals surface area contributed by atoms with Crippen LogP contribution in [-0.4, -0.2) is 33.6 Å². The van der Waals surface area contributed by atoms with Crippen LogP contribution in [0.4, 0.5) is 5.69 Å². The third-order valence-electron chi connectivity index (χ3n) is 5.22. The minimum Gasteiger partial charge on any atom is -0.322 e. The molecule has 2 aromatic carbocycles. The minimum atomic E-state index is -0.884. The van der Waals surface area contributed by atoms with E-state index < -0.39 is 11.9 Å². The van der Waals surface area contributed by atoms with Crippen LogP contribution in [0.1, 0.15) is 27.9 Å². The number of nitrogens with zero attached hydrogens (tertiary/aromatic N) is 3. The van der Waals surface area contributed by atoms with E-state index in [1.165, 1.54) is 4.90 Å². The minimum absolute atomic E-state index is 0.0627. The fourth-order valence-corrected chi connectivity index (χ4v) is 3.86. The van der Waals surface area contributed by atoms with E-state index in [-0.39, 0.29) is 24.8 Å². The number of amides is 3. The highest BCUT2D eigenvalue weighted by Gasteiger charge is 2.44. The Bertz CT molecular complexity index is 1120. The van der Waals surface area contributed by atoms with Gasteiger partial charge in [0.25, 0.3) is 11.8 Å². The number of hydrogen-bond donors (Lipinski definition) is 0. The van der Waals surface area contributed by atoms with Gasteiger partial charge < -0.3 is 4.90 Å². The summed E-state index contributed by atoms with van der Waals surface area (Å²) in [4.78, 5) is 46.2. The van der Waals surface area contributed by atoms with Gasteiger partial charge in [0, 0.05) is 29.0 Å². The zero-order chi connectivity index (χ0) is 22.0. The van der Waals surface area contributed by atoms with Crippen LogP contribution in [0.25, 0.3) is 0 Å². The van der Waals surface area contributed by atoms with Gasteiger partial charge in [-0.2, -0.15) is 0 Å². The maximum atomic E-state index is 13.4. The Balaban J connectivity index is 1.68. The Hall–Kier alpha value is -3.32. The first kappa shape index (κ1) is 20.9. The number of hydrogen-bond acceptors (Lipinski definition) is 4. The molecule has 31 heavy (non-hydrogen) atoms. The molecule has 1 fully saturated rings. The van der Waals surface area contributed by atoms with E-state index in [1.54, 1.807) is 54.9 Å². The van der Waals surface area contributed by atoms with E-state index in [0.717, 1.165) is 20.5 Å². The van der Waals surface area contributed by atoms with Crippen molar-refractivity contribution in [3.63, 3.8) is 0 Å². The van der Waals surface area contributed by atoms with Gasteiger partial charge in [-0.05, 0) is 55.0 Å². The molecule has 3 amide bonds. The third kappa shape index (κ3) is 4.41. The van der Waals surface area contributed by atoms with E-state index in [4.69, 9.17) is 0 Å². The summed E-state index contributed by atoms with van der Waals surface area (Å²) < 4.78 is 0.847. The average molecular weight is 478 g/mol. The number of pyridine rings is 1. The van der Waals surface area contributed by atoms with Gasteiger partial charge in [-0.25, -0.2) is 4.90 Å². The van der Waals surface area contributed by atoms with Crippen molar-refractivity contribution in [3.05, 3.63) is 94.2 Å². The molecule has 3 aromatic rings. The number of rotatable bonds is 5. The molecule has 2 heterocycles. The van der Waals surface area contributed by atoms with Gasteiger partial charge in [0.05, 0.1) is 12.1 Å². The van der Waals surface area contributed by atoms with Crippen LogP contribution < -0.4 is 4.90 Å². The predicted octanol–water partition coefficient (Wildman–Crippen LogP) is 4.13. The number of anilines is 1. The molecular formula is C24H20BrN3O3. The van der Waals surface area contributed by atoms with Crippen LogP contribution in [-0.2, 0) is 16.1 Å². The van der Waals surface area contributed by atoms with Crippen molar-refractivity contribution < 1.29 is 14.4 Å². The molecule has 6 nitrogen and oxygen atoms in total. The number of benzene rings is 2. The van der Waals surface area contributed by atoms with E-state index in [9.17, 15) is 14.4 Å². The van der Waals surface area contributed by atoms with Crippen molar-refractivity contribution in [1.29, 1.82) is 0 Å². The molecule has 0 N–H and O–H groups in total. The second kappa shape index (κ2) is 8.81. The molecule has 1 aliphatic heterocycles. The quantitative estimate of drug-likeness (QED) is 0.518. The van der Waals surface area contributed by atoms with Crippen molar-refractivity contribution in [2.45, 2.75) is 25.9 Å². The SMILES string of the molecule is Cc1ccc(C(=O)N(Cc2cccnc2)C2CC(=O)N(c3ccc(Br)cc3)C2=O)cc1. The second-order valence-corrected chi connectivity index (χ2v) is 8.34. The smallest absolute Gasteiger partial charge is 0.257 e. The van der Waals surface area contributed by atoms with Gasteiger partial charge in [-0.15, -0.1) is 0 Å². The predicted molar refractivity (Wildman–Crippen MR) is 120 cm³/mol. The second-order valence-electron chi connectivity index (χ2n) is 7.42. The molecule has 1 unspecified atom stereocenters. The van der Waals surface area contributed by atoms with Crippen LogP contribution in [0.2, 0.25) is 0 Å². The number of aryl methyl sites for hydroxylation is 1. The normalized spacial score (nSPS) is 15.9. The molecule has 1 aliphatic rings. The first-order chi connectivity index (χ1) is 14.9. The van der Waals surface area contributed by atoms with Crippen LogP contribution >= 0.6 is 15.9 Å². The Morgan fingerprint density at radius 2 is 1.81 bits per heavy atom. The fourth-order valence-electron chi connectivity index (χ4n) is 3.59. The van der Waals surface area contributed by atoms with Crippen molar-refractivity contribution in [1.82, 2.24) is 9.88 Å². The molecule has 0 bridgehead atoms. The van der Waals surface area contributed by atoms with Crippen molar-refractivity contribution in [2.24, 2.45) is 0 Å². The maximum absolute atomic E-state index is 13.4. The van der Waals surface area contributed by atoms with Crippen molar-refractivity contribution in [3.8, 4) is 0 Å². The number of halogens is 1. The molecular weight excluding hydrogens is 458 g/mol. The van der Waals surface area contributed by atoms with Crippen molar-refractivity contribution in [2.75, 3.05) is 4.90 Å². The standard InChI is InChI=1S/C24H20BrN3O3/c1-16-4-6-18(7-5-16)23(30)27(15-17-3-2-12-26-14-17)21-13-22(29)28(24(21)31)20-10-8-19(25)9-11-20/h2-12,14,21H,13,15H2,1H3. The first-order valence-electron chi connectivity index (χ1n) is 9.83. The lowest BCUT2D eigenvalue weighted by atomic mass is 10.1. The summed E-state index contributed by atoms with van der Waals surface area (Å²) in [5, 5.41) is 0. The van der Waals surface area contributed by atoms with Crippen LogP contribution in [0.5, 0.6) is 0 Å². The topological polar surface area (TPSA) is 70.6 Å². The van der Waals surface area contributed by atoms with Gasteiger partial charge in [0.1, 0.15) is 6.04 Å². The van der Waals surface area contributed by atoms with Crippen molar-refractivity contribution >= 4 is 39.3 Å². The Morgan fingerprint density at radius 1 is 1.10 bits per heavy atom. The lowest BCUT2D eigenvalue weighted by Crippen LogP contribution is -2.45. The van der Waals surface area contributed by atoms with E-state index in [0.29, 0.717) is 11.3 Å². The van der Waals surface area contributed by atoms with Gasteiger partial charge in [-0.3, -0.25) is 19.4 Å². The maximum Gasteiger partial charge on any atom is 0.257 e. The van der Waals surface area contributed by atoms with E-state index in [2.05, 4.69) is 20.9 Å². The van der Waals surface area contributed by atoms with E-state index >= 15 is 0 Å². The van der Waals surface area contributed by atoms with E-state index in [1.807, 2.05) is 25.1 Å². The largest absolute Gasteiger partial charge is 0.322 e. The van der Waals surface area contributed by atoms with Gasteiger partial charge in [0.15, 0.2) is 0 Å². The molecule has 1 aromatic heterocycles. The molecule has 7 heteroatoms. The Labute approximate surface area is 188 Å². The molecule has 156 valence electrons. The number of aromatic nitrogens is 1. The summed E-state index contributed by atoms with van der Waals surface area (Å²) in [5.74, 6) is -1.03. The lowest BCUT2D eigenvalue weighted by molar-refractivity contribution is -0.122. The van der Waals surface area contributed by atoms with Gasteiger partial charge in [-0.1, -0.05) is 39.7 Å².